The molecule has 1 saturated carbocycles. The van der Waals surface area contributed by atoms with Gasteiger partial charge in [0.2, 0.25) is 11.8 Å². The van der Waals surface area contributed by atoms with Gasteiger partial charge >= 0.3 is 11.9 Å². The van der Waals surface area contributed by atoms with Gasteiger partial charge < -0.3 is 9.84 Å². The van der Waals surface area contributed by atoms with Crippen LogP contribution in [0.5, 0.6) is 5.75 Å². The standard InChI is InChI=1S/C19H21NO6S/c1-11(21)26-15-9-12(7-8-14(15)19(24)25)20-17(22)10-16(18(20)23)27-13-5-3-2-4-6-13/h7-9,13,16H,2-6,10H2,1H3,(H,24,25). The summed E-state index contributed by atoms with van der Waals surface area (Å²) in [4.78, 5) is 48.9. The van der Waals surface area contributed by atoms with Crippen molar-refractivity contribution in [3.8, 4) is 5.75 Å². The summed E-state index contributed by atoms with van der Waals surface area (Å²) in [7, 11) is 0. The average Bonchev–Trinajstić information content (AvgIpc) is 2.88. The van der Waals surface area contributed by atoms with E-state index in [1.165, 1.54) is 24.6 Å². The van der Waals surface area contributed by atoms with Crippen LogP contribution in [-0.4, -0.2) is 39.4 Å². The number of carboxylic acid groups (broad SMARTS) is 1. The summed E-state index contributed by atoms with van der Waals surface area (Å²) in [6.07, 6.45) is 5.77. The highest BCUT2D eigenvalue weighted by atomic mass is 32.2. The van der Waals surface area contributed by atoms with Gasteiger partial charge in [0.15, 0.2) is 0 Å². The molecular weight excluding hydrogens is 370 g/mol. The Hall–Kier alpha value is -2.35. The lowest BCUT2D eigenvalue weighted by atomic mass is 10.0. The van der Waals surface area contributed by atoms with Crippen LogP contribution in [0.15, 0.2) is 18.2 Å². The van der Waals surface area contributed by atoms with Crippen LogP contribution in [0.1, 0.15) is 55.8 Å². The number of carbonyl (C=O) groups excluding carboxylic acids is 3. The molecule has 27 heavy (non-hydrogen) atoms. The number of rotatable bonds is 5. The van der Waals surface area contributed by atoms with Crippen molar-refractivity contribution in [1.82, 2.24) is 0 Å². The highest BCUT2D eigenvalue weighted by Crippen LogP contribution is 2.38. The van der Waals surface area contributed by atoms with Gasteiger partial charge in [-0.3, -0.25) is 14.4 Å². The van der Waals surface area contributed by atoms with Crippen molar-refractivity contribution in [3.05, 3.63) is 23.8 Å². The second kappa shape index (κ2) is 8.12. The fourth-order valence-electron chi connectivity index (χ4n) is 3.48. The van der Waals surface area contributed by atoms with Crippen molar-refractivity contribution in [2.45, 2.75) is 55.9 Å². The largest absolute Gasteiger partial charge is 0.478 e. The number of carbonyl (C=O) groups is 4. The fourth-order valence-corrected chi connectivity index (χ4v) is 5.01. The molecule has 1 N–H and O–H groups in total. The second-order valence-electron chi connectivity index (χ2n) is 6.74. The van der Waals surface area contributed by atoms with Gasteiger partial charge in [-0.15, -0.1) is 11.8 Å². The van der Waals surface area contributed by atoms with Crippen LogP contribution in [0.3, 0.4) is 0 Å². The molecule has 1 unspecified atom stereocenters. The number of anilines is 1. The van der Waals surface area contributed by atoms with Crippen molar-refractivity contribution in [1.29, 1.82) is 0 Å². The van der Waals surface area contributed by atoms with Gasteiger partial charge in [-0.1, -0.05) is 19.3 Å². The summed E-state index contributed by atoms with van der Waals surface area (Å²) in [5.41, 5.74) is 0.0131. The minimum atomic E-state index is -1.26. The molecule has 7 nitrogen and oxygen atoms in total. The molecule has 144 valence electrons. The molecule has 8 heteroatoms. The molecule has 0 radical (unpaired) electrons. The molecule has 1 aliphatic heterocycles. The van der Waals surface area contributed by atoms with Crippen molar-refractivity contribution in [2.24, 2.45) is 0 Å². The fraction of sp³-hybridized carbons (Fsp3) is 0.474. The van der Waals surface area contributed by atoms with Gasteiger partial charge in [0.1, 0.15) is 11.3 Å². The van der Waals surface area contributed by atoms with Crippen molar-refractivity contribution in [3.63, 3.8) is 0 Å². The van der Waals surface area contributed by atoms with Crippen LogP contribution in [0.25, 0.3) is 0 Å². The number of amides is 2. The monoisotopic (exact) mass is 391 g/mol. The Balaban J connectivity index is 1.82. The summed E-state index contributed by atoms with van der Waals surface area (Å²) < 4.78 is 4.95. The maximum atomic E-state index is 12.8. The average molecular weight is 391 g/mol. The predicted molar refractivity (Wildman–Crippen MR) is 100 cm³/mol. The van der Waals surface area contributed by atoms with Crippen LogP contribution in [0.4, 0.5) is 5.69 Å². The Labute approximate surface area is 161 Å². The quantitative estimate of drug-likeness (QED) is 0.468. The summed E-state index contributed by atoms with van der Waals surface area (Å²) in [5, 5.41) is 9.20. The summed E-state index contributed by atoms with van der Waals surface area (Å²) in [6, 6.07) is 3.88. The van der Waals surface area contributed by atoms with Crippen molar-refractivity contribution < 1.29 is 29.0 Å². The van der Waals surface area contributed by atoms with Crippen LogP contribution in [-0.2, 0) is 14.4 Å². The first-order chi connectivity index (χ1) is 12.9. The van der Waals surface area contributed by atoms with Crippen LogP contribution in [0, 0.1) is 0 Å². The Morgan fingerprint density at radius 2 is 1.89 bits per heavy atom. The Morgan fingerprint density at radius 3 is 2.52 bits per heavy atom. The van der Waals surface area contributed by atoms with E-state index < -0.39 is 17.2 Å². The predicted octanol–water partition coefficient (Wildman–Crippen LogP) is 3.01. The van der Waals surface area contributed by atoms with E-state index in [-0.39, 0.29) is 35.2 Å². The highest BCUT2D eigenvalue weighted by molar-refractivity contribution is 8.01. The van der Waals surface area contributed by atoms with E-state index in [2.05, 4.69) is 0 Å². The molecular formula is C19H21NO6S. The lowest BCUT2D eigenvalue weighted by Gasteiger charge is -2.23. The second-order valence-corrected chi connectivity index (χ2v) is 8.24. The van der Waals surface area contributed by atoms with Gasteiger partial charge in [0, 0.05) is 24.7 Å². The molecule has 0 aromatic heterocycles. The number of nitrogens with zero attached hydrogens (tertiary/aromatic N) is 1. The van der Waals surface area contributed by atoms with Crippen molar-refractivity contribution >= 4 is 41.2 Å². The van der Waals surface area contributed by atoms with Gasteiger partial charge in [-0.25, -0.2) is 9.69 Å². The van der Waals surface area contributed by atoms with E-state index in [1.807, 2.05) is 0 Å². The van der Waals surface area contributed by atoms with E-state index in [0.29, 0.717) is 5.25 Å². The number of aromatic carboxylic acids is 1. The first kappa shape index (κ1) is 19.4. The summed E-state index contributed by atoms with van der Waals surface area (Å²) in [5.74, 6) is -2.75. The molecule has 0 spiro atoms. The molecule has 1 aliphatic carbocycles. The third kappa shape index (κ3) is 4.32. The molecule has 2 fully saturated rings. The molecule has 2 aliphatic rings. The molecule has 1 saturated heterocycles. The smallest absolute Gasteiger partial charge is 0.339 e. The normalized spacial score (nSPS) is 20.8. The zero-order chi connectivity index (χ0) is 19.6. The Kier molecular flexibility index (Phi) is 5.84. The van der Waals surface area contributed by atoms with Gasteiger partial charge in [-0.2, -0.15) is 0 Å². The first-order valence-electron chi connectivity index (χ1n) is 8.95. The number of ether oxygens (including phenoxy) is 1. The summed E-state index contributed by atoms with van der Waals surface area (Å²) in [6.45, 7) is 1.15. The molecule has 3 rings (SSSR count). The Bertz CT molecular complexity index is 786. The summed E-state index contributed by atoms with van der Waals surface area (Å²) >= 11 is 1.57. The SMILES string of the molecule is CC(=O)Oc1cc(N2C(=O)CC(SC3CCCCC3)C2=O)ccc1C(=O)O. The first-order valence-corrected chi connectivity index (χ1v) is 9.89. The number of hydrogen-bond donors (Lipinski definition) is 1. The van der Waals surface area contributed by atoms with E-state index in [1.54, 1.807) is 11.8 Å². The van der Waals surface area contributed by atoms with Crippen LogP contribution in [0.2, 0.25) is 0 Å². The van der Waals surface area contributed by atoms with E-state index in [4.69, 9.17) is 4.74 Å². The minimum Gasteiger partial charge on any atom is -0.478 e. The molecule has 1 atom stereocenters. The molecule has 1 aromatic carbocycles. The number of imide groups is 1. The van der Waals surface area contributed by atoms with Crippen LogP contribution < -0.4 is 9.64 Å². The lowest BCUT2D eigenvalue weighted by Crippen LogP contribution is -2.32. The lowest BCUT2D eigenvalue weighted by molar-refractivity contribution is -0.132. The third-order valence-electron chi connectivity index (χ3n) is 4.72. The van der Waals surface area contributed by atoms with Gasteiger partial charge in [0.25, 0.3) is 0 Å². The van der Waals surface area contributed by atoms with E-state index in [0.717, 1.165) is 37.5 Å². The molecule has 1 heterocycles. The maximum absolute atomic E-state index is 12.8. The Morgan fingerprint density at radius 1 is 1.19 bits per heavy atom. The van der Waals surface area contributed by atoms with Crippen molar-refractivity contribution in [2.75, 3.05) is 4.90 Å². The topological polar surface area (TPSA) is 101 Å². The molecule has 0 bridgehead atoms. The third-order valence-corrected chi connectivity index (χ3v) is 6.27. The molecule has 2 amide bonds. The number of benzene rings is 1. The zero-order valence-electron chi connectivity index (χ0n) is 15.0. The number of carboxylic acids is 1. The van der Waals surface area contributed by atoms with E-state index >= 15 is 0 Å². The van der Waals surface area contributed by atoms with Gasteiger partial charge in [-0.05, 0) is 25.0 Å². The minimum absolute atomic E-state index is 0.129. The molecule has 1 aromatic rings. The van der Waals surface area contributed by atoms with Gasteiger partial charge in [0.05, 0.1) is 10.9 Å². The zero-order valence-corrected chi connectivity index (χ0v) is 15.8. The number of hydrogen-bond acceptors (Lipinski definition) is 6. The maximum Gasteiger partial charge on any atom is 0.339 e. The highest BCUT2D eigenvalue weighted by Gasteiger charge is 2.41. The van der Waals surface area contributed by atoms with E-state index in [9.17, 15) is 24.3 Å². The van der Waals surface area contributed by atoms with Crippen LogP contribution >= 0.6 is 11.8 Å². The number of esters is 1. The number of thioether (sulfide) groups is 1.